The Balaban J connectivity index is 2.88. The summed E-state index contributed by atoms with van der Waals surface area (Å²) >= 11 is 6.02. The maximum Gasteiger partial charge on any atom is 0.244 e. The number of carbonyl (C=O) groups is 2. The van der Waals surface area contributed by atoms with Gasteiger partial charge in [-0.2, -0.15) is 0 Å². The molecule has 0 saturated carbocycles. The van der Waals surface area contributed by atoms with Gasteiger partial charge in [0.1, 0.15) is 12.3 Å². The first kappa shape index (κ1) is 17.3. The Morgan fingerprint density at radius 3 is 2.48 bits per heavy atom. The summed E-state index contributed by atoms with van der Waals surface area (Å²) in [5.74, 6) is 0.0659. The fraction of sp³-hybridized carbons (Fsp3) is 0.467. The van der Waals surface area contributed by atoms with Gasteiger partial charge in [0.05, 0.1) is 12.8 Å². The molecule has 116 valence electrons. The van der Waals surface area contributed by atoms with E-state index in [0.717, 1.165) is 5.56 Å². The molecule has 21 heavy (non-hydrogen) atoms. The minimum Gasteiger partial charge on any atom is -0.495 e. The summed E-state index contributed by atoms with van der Waals surface area (Å²) in [6.45, 7) is 7.01. The fourth-order valence-corrected chi connectivity index (χ4v) is 2.09. The Bertz CT molecular complexity index is 544. The molecule has 0 fully saturated rings. The zero-order chi connectivity index (χ0) is 16.2. The SMILES string of the molecule is COc1cc(Cl)c(C)cc1NC(=O)CN(C(C)=O)C(C)C. The number of hydrogen-bond donors (Lipinski definition) is 1. The molecule has 1 rings (SSSR count). The average Bonchev–Trinajstić information content (AvgIpc) is 2.39. The Labute approximate surface area is 130 Å². The minimum absolute atomic E-state index is 0.00215. The van der Waals surface area contributed by atoms with Gasteiger partial charge in [0.15, 0.2) is 0 Å². The molecule has 1 aromatic rings. The van der Waals surface area contributed by atoms with Gasteiger partial charge in [-0.3, -0.25) is 9.59 Å². The van der Waals surface area contributed by atoms with Crippen LogP contribution in [0.5, 0.6) is 5.75 Å². The highest BCUT2D eigenvalue weighted by Gasteiger charge is 2.18. The third-order valence-corrected chi connectivity index (χ3v) is 3.50. The van der Waals surface area contributed by atoms with Gasteiger partial charge in [0.2, 0.25) is 11.8 Å². The lowest BCUT2D eigenvalue weighted by atomic mass is 10.2. The largest absolute Gasteiger partial charge is 0.495 e. The molecule has 5 nitrogen and oxygen atoms in total. The third kappa shape index (κ3) is 4.63. The number of nitrogens with zero attached hydrogens (tertiary/aromatic N) is 1. The molecule has 1 aromatic carbocycles. The van der Waals surface area contributed by atoms with Crippen molar-refractivity contribution < 1.29 is 14.3 Å². The molecule has 0 heterocycles. The Kier molecular flexibility index (Phi) is 6.03. The molecule has 0 spiro atoms. The van der Waals surface area contributed by atoms with Crippen molar-refractivity contribution in [1.82, 2.24) is 4.90 Å². The van der Waals surface area contributed by atoms with Crippen molar-refractivity contribution in [3.8, 4) is 5.75 Å². The van der Waals surface area contributed by atoms with Crippen molar-refractivity contribution in [2.45, 2.75) is 33.7 Å². The summed E-state index contributed by atoms with van der Waals surface area (Å²) < 4.78 is 5.20. The van der Waals surface area contributed by atoms with Crippen LogP contribution in [0.15, 0.2) is 12.1 Å². The number of hydrogen-bond acceptors (Lipinski definition) is 3. The Morgan fingerprint density at radius 1 is 1.38 bits per heavy atom. The van der Waals surface area contributed by atoms with Crippen molar-refractivity contribution in [3.63, 3.8) is 0 Å². The average molecular weight is 313 g/mol. The number of benzene rings is 1. The van der Waals surface area contributed by atoms with E-state index in [1.165, 1.54) is 18.9 Å². The number of methoxy groups -OCH3 is 1. The van der Waals surface area contributed by atoms with E-state index >= 15 is 0 Å². The highest BCUT2D eigenvalue weighted by Crippen LogP contribution is 2.30. The molecule has 0 aromatic heterocycles. The van der Waals surface area contributed by atoms with E-state index < -0.39 is 0 Å². The first-order valence-electron chi connectivity index (χ1n) is 6.67. The molecule has 1 N–H and O–H groups in total. The van der Waals surface area contributed by atoms with Crippen LogP contribution in [-0.2, 0) is 9.59 Å². The fourth-order valence-electron chi connectivity index (χ4n) is 1.93. The number of nitrogens with one attached hydrogen (secondary N) is 1. The number of halogens is 1. The molecule has 0 radical (unpaired) electrons. The second kappa shape index (κ2) is 7.31. The Hall–Kier alpha value is -1.75. The van der Waals surface area contributed by atoms with Gasteiger partial charge in [-0.25, -0.2) is 0 Å². The van der Waals surface area contributed by atoms with E-state index in [0.29, 0.717) is 16.5 Å². The van der Waals surface area contributed by atoms with Crippen LogP contribution in [0.4, 0.5) is 5.69 Å². The molecule has 0 aliphatic rings. The quantitative estimate of drug-likeness (QED) is 0.909. The third-order valence-electron chi connectivity index (χ3n) is 3.10. The standard InChI is InChI=1S/C15H21ClN2O3/c1-9(2)18(11(4)19)8-15(20)17-13-6-10(3)12(16)7-14(13)21-5/h6-7,9H,8H2,1-5H3,(H,17,20). The molecule has 0 unspecified atom stereocenters. The zero-order valence-corrected chi connectivity index (χ0v) is 13.7. The summed E-state index contributed by atoms with van der Waals surface area (Å²) in [6, 6.07) is 3.35. The van der Waals surface area contributed by atoms with Gasteiger partial charge in [0.25, 0.3) is 0 Å². The van der Waals surface area contributed by atoms with Crippen LogP contribution in [0, 0.1) is 6.92 Å². The van der Waals surface area contributed by atoms with Gasteiger partial charge in [0, 0.05) is 24.1 Å². The lowest BCUT2D eigenvalue weighted by molar-refractivity contribution is -0.134. The van der Waals surface area contributed by atoms with Crippen LogP contribution in [0.25, 0.3) is 0 Å². The minimum atomic E-state index is -0.279. The van der Waals surface area contributed by atoms with E-state index in [2.05, 4.69) is 5.32 Å². The van der Waals surface area contributed by atoms with Crippen molar-refractivity contribution in [2.75, 3.05) is 19.0 Å². The van der Waals surface area contributed by atoms with Gasteiger partial charge in [-0.15, -0.1) is 0 Å². The van der Waals surface area contributed by atoms with Gasteiger partial charge in [-0.1, -0.05) is 11.6 Å². The predicted molar refractivity (Wildman–Crippen MR) is 83.9 cm³/mol. The van der Waals surface area contributed by atoms with Crippen molar-refractivity contribution >= 4 is 29.1 Å². The van der Waals surface area contributed by atoms with Crippen LogP contribution in [0.3, 0.4) is 0 Å². The number of carbonyl (C=O) groups excluding carboxylic acids is 2. The summed E-state index contributed by atoms with van der Waals surface area (Å²) in [5, 5.41) is 3.32. The maximum absolute atomic E-state index is 12.1. The van der Waals surface area contributed by atoms with E-state index in [1.807, 2.05) is 20.8 Å². The van der Waals surface area contributed by atoms with Crippen molar-refractivity contribution in [3.05, 3.63) is 22.7 Å². The highest BCUT2D eigenvalue weighted by molar-refractivity contribution is 6.31. The van der Waals surface area contributed by atoms with Gasteiger partial charge >= 0.3 is 0 Å². The normalized spacial score (nSPS) is 10.4. The molecule has 2 amide bonds. The molecule has 0 atom stereocenters. The smallest absolute Gasteiger partial charge is 0.244 e. The van der Waals surface area contributed by atoms with Gasteiger partial charge in [-0.05, 0) is 32.4 Å². The topological polar surface area (TPSA) is 58.6 Å². The Morgan fingerprint density at radius 2 is 2.00 bits per heavy atom. The second-order valence-electron chi connectivity index (χ2n) is 5.09. The second-order valence-corrected chi connectivity index (χ2v) is 5.50. The van der Waals surface area contributed by atoms with Crippen LogP contribution in [-0.4, -0.2) is 36.4 Å². The lowest BCUT2D eigenvalue weighted by Crippen LogP contribution is -2.41. The number of amides is 2. The van der Waals surface area contributed by atoms with Crippen LogP contribution in [0.2, 0.25) is 5.02 Å². The first-order valence-corrected chi connectivity index (χ1v) is 7.05. The first-order chi connectivity index (χ1) is 9.76. The monoisotopic (exact) mass is 312 g/mol. The summed E-state index contributed by atoms with van der Waals surface area (Å²) in [6.07, 6.45) is 0. The zero-order valence-electron chi connectivity index (χ0n) is 13.0. The maximum atomic E-state index is 12.1. The molecular weight excluding hydrogens is 292 g/mol. The van der Waals surface area contributed by atoms with Crippen molar-refractivity contribution in [2.24, 2.45) is 0 Å². The van der Waals surface area contributed by atoms with E-state index in [4.69, 9.17) is 16.3 Å². The summed E-state index contributed by atoms with van der Waals surface area (Å²) in [4.78, 5) is 25.1. The molecule has 0 bridgehead atoms. The van der Waals surface area contributed by atoms with Crippen LogP contribution >= 0.6 is 11.6 Å². The van der Waals surface area contributed by atoms with Crippen molar-refractivity contribution in [1.29, 1.82) is 0 Å². The molecule has 0 aliphatic heterocycles. The number of ether oxygens (including phenoxy) is 1. The summed E-state index contributed by atoms with van der Waals surface area (Å²) in [7, 11) is 1.51. The van der Waals surface area contributed by atoms with Crippen LogP contribution in [0.1, 0.15) is 26.3 Å². The van der Waals surface area contributed by atoms with E-state index in [1.54, 1.807) is 12.1 Å². The number of rotatable bonds is 5. The van der Waals surface area contributed by atoms with Gasteiger partial charge < -0.3 is 15.0 Å². The molecule has 6 heteroatoms. The van der Waals surface area contributed by atoms with E-state index in [-0.39, 0.29) is 24.4 Å². The number of aryl methyl sites for hydroxylation is 1. The number of anilines is 1. The lowest BCUT2D eigenvalue weighted by Gasteiger charge is -2.24. The van der Waals surface area contributed by atoms with Crippen LogP contribution < -0.4 is 10.1 Å². The predicted octanol–water partition coefficient (Wildman–Crippen LogP) is 2.85. The summed E-state index contributed by atoms with van der Waals surface area (Å²) in [5.41, 5.74) is 1.37. The molecular formula is C15H21ClN2O3. The molecule has 0 saturated heterocycles. The highest BCUT2D eigenvalue weighted by atomic mass is 35.5. The van der Waals surface area contributed by atoms with E-state index in [9.17, 15) is 9.59 Å². The molecule has 0 aliphatic carbocycles.